The van der Waals surface area contributed by atoms with Crippen molar-refractivity contribution in [2.45, 2.75) is 12.5 Å². The molecule has 0 bridgehead atoms. The number of benzene rings is 1. The number of amides is 1. The predicted octanol–water partition coefficient (Wildman–Crippen LogP) is 3.53. The molecular weight excluding hydrogens is 320 g/mol. The number of rotatable bonds is 3. The predicted molar refractivity (Wildman–Crippen MR) is 92.9 cm³/mol. The lowest BCUT2D eigenvalue weighted by Crippen LogP contribution is -2.26. The molecule has 1 aliphatic heterocycles. The summed E-state index contributed by atoms with van der Waals surface area (Å²) >= 11 is 1.54. The topological polar surface area (TPSA) is 58.5 Å². The number of hydrogen-bond donors (Lipinski definition) is 0. The number of aromatic nitrogens is 2. The molecule has 4 rings (SSSR count). The van der Waals surface area contributed by atoms with Gasteiger partial charge in [0, 0.05) is 41.5 Å². The van der Waals surface area contributed by atoms with E-state index in [2.05, 4.69) is 15.1 Å². The second-order valence-electron chi connectivity index (χ2n) is 5.39. The van der Waals surface area contributed by atoms with E-state index >= 15 is 0 Å². The number of pyridine rings is 1. The van der Waals surface area contributed by atoms with Crippen LogP contribution in [0, 0.1) is 0 Å². The van der Waals surface area contributed by atoms with Gasteiger partial charge < -0.3 is 0 Å². The molecule has 6 heteroatoms. The van der Waals surface area contributed by atoms with E-state index in [1.807, 2.05) is 35.7 Å². The molecule has 3 aromatic rings. The zero-order valence-corrected chi connectivity index (χ0v) is 13.6. The van der Waals surface area contributed by atoms with E-state index in [9.17, 15) is 4.79 Å². The Balaban J connectivity index is 1.72. The third-order valence-corrected chi connectivity index (χ3v) is 4.75. The van der Waals surface area contributed by atoms with E-state index < -0.39 is 0 Å². The highest BCUT2D eigenvalue weighted by molar-refractivity contribution is 7.09. The highest BCUT2D eigenvalue weighted by Gasteiger charge is 2.35. The summed E-state index contributed by atoms with van der Waals surface area (Å²) in [5, 5.41) is 8.96. The van der Waals surface area contributed by atoms with E-state index in [0.29, 0.717) is 12.0 Å². The SMILES string of the molecule is O=C(c1ccccc1)N1N=C(c2cccnc2)CC1c1nccs1. The van der Waals surface area contributed by atoms with Gasteiger partial charge in [0.05, 0.1) is 5.71 Å². The van der Waals surface area contributed by atoms with Gasteiger partial charge >= 0.3 is 0 Å². The maximum absolute atomic E-state index is 12.9. The Morgan fingerprint density at radius 3 is 2.71 bits per heavy atom. The fraction of sp³-hybridized carbons (Fsp3) is 0.111. The highest BCUT2D eigenvalue weighted by atomic mass is 32.1. The standard InChI is InChI=1S/C18H14N4OS/c23-18(13-5-2-1-3-6-13)22-16(17-20-9-10-24-17)11-15(21-22)14-7-4-8-19-12-14/h1-10,12,16H,11H2. The van der Waals surface area contributed by atoms with Crippen molar-refractivity contribution in [1.29, 1.82) is 0 Å². The molecule has 1 atom stereocenters. The minimum atomic E-state index is -0.173. The molecule has 2 aromatic heterocycles. The van der Waals surface area contributed by atoms with Crippen molar-refractivity contribution in [3.63, 3.8) is 0 Å². The third-order valence-electron chi connectivity index (χ3n) is 3.87. The summed E-state index contributed by atoms with van der Waals surface area (Å²) in [6, 6.07) is 12.9. The second kappa shape index (κ2) is 6.33. The van der Waals surface area contributed by atoms with Crippen LogP contribution in [0.5, 0.6) is 0 Å². The fourth-order valence-electron chi connectivity index (χ4n) is 2.71. The molecular formula is C18H14N4OS. The number of hydrazone groups is 1. The van der Waals surface area contributed by atoms with Crippen LogP contribution in [-0.2, 0) is 0 Å². The number of carbonyl (C=O) groups excluding carboxylic acids is 1. The van der Waals surface area contributed by atoms with Gasteiger partial charge in [0.1, 0.15) is 11.0 Å². The summed E-state index contributed by atoms with van der Waals surface area (Å²) in [6.07, 6.45) is 5.89. The van der Waals surface area contributed by atoms with Crippen molar-refractivity contribution in [2.24, 2.45) is 5.10 Å². The first kappa shape index (κ1) is 14.7. The molecule has 0 spiro atoms. The van der Waals surface area contributed by atoms with Crippen LogP contribution >= 0.6 is 11.3 Å². The lowest BCUT2D eigenvalue weighted by atomic mass is 10.1. The fourth-order valence-corrected chi connectivity index (χ4v) is 3.43. The van der Waals surface area contributed by atoms with Crippen LogP contribution in [0.1, 0.15) is 33.4 Å². The van der Waals surface area contributed by atoms with E-state index in [1.54, 1.807) is 35.7 Å². The zero-order valence-electron chi connectivity index (χ0n) is 12.7. The Hall–Kier alpha value is -2.86. The third kappa shape index (κ3) is 2.72. The molecule has 3 heterocycles. The van der Waals surface area contributed by atoms with Crippen LogP contribution in [0.4, 0.5) is 0 Å². The van der Waals surface area contributed by atoms with Crippen LogP contribution < -0.4 is 0 Å². The molecule has 0 aliphatic carbocycles. The molecule has 1 aliphatic rings. The first-order valence-electron chi connectivity index (χ1n) is 7.59. The van der Waals surface area contributed by atoms with Crippen molar-refractivity contribution in [2.75, 3.05) is 0 Å². The van der Waals surface area contributed by atoms with Crippen molar-refractivity contribution >= 4 is 23.0 Å². The van der Waals surface area contributed by atoms with Crippen molar-refractivity contribution in [1.82, 2.24) is 15.0 Å². The summed E-state index contributed by atoms with van der Waals surface area (Å²) in [5.74, 6) is -0.116. The molecule has 0 radical (unpaired) electrons. The summed E-state index contributed by atoms with van der Waals surface area (Å²) in [6.45, 7) is 0. The van der Waals surface area contributed by atoms with E-state index in [0.717, 1.165) is 16.3 Å². The van der Waals surface area contributed by atoms with Gasteiger partial charge in [0.25, 0.3) is 5.91 Å². The lowest BCUT2D eigenvalue weighted by Gasteiger charge is -2.19. The molecule has 24 heavy (non-hydrogen) atoms. The molecule has 5 nitrogen and oxygen atoms in total. The molecule has 0 N–H and O–H groups in total. The second-order valence-corrected chi connectivity index (χ2v) is 6.32. The number of nitrogens with zero attached hydrogens (tertiary/aromatic N) is 4. The Morgan fingerprint density at radius 1 is 1.12 bits per heavy atom. The van der Waals surface area contributed by atoms with Gasteiger partial charge in [-0.3, -0.25) is 9.78 Å². The Labute approximate surface area is 143 Å². The maximum Gasteiger partial charge on any atom is 0.274 e. The molecule has 118 valence electrons. The maximum atomic E-state index is 12.9. The first-order valence-corrected chi connectivity index (χ1v) is 8.47. The highest BCUT2D eigenvalue weighted by Crippen LogP contribution is 2.34. The van der Waals surface area contributed by atoms with Crippen LogP contribution in [0.3, 0.4) is 0 Å². The quantitative estimate of drug-likeness (QED) is 0.736. The van der Waals surface area contributed by atoms with Gasteiger partial charge in [-0.05, 0) is 18.2 Å². The van der Waals surface area contributed by atoms with E-state index in [-0.39, 0.29) is 11.9 Å². The largest absolute Gasteiger partial charge is 0.274 e. The molecule has 0 fully saturated rings. The minimum absolute atomic E-state index is 0.116. The first-order chi connectivity index (χ1) is 11.8. The summed E-state index contributed by atoms with van der Waals surface area (Å²) in [4.78, 5) is 21.4. The molecule has 0 saturated heterocycles. The summed E-state index contributed by atoms with van der Waals surface area (Å²) in [7, 11) is 0. The van der Waals surface area contributed by atoms with Crippen molar-refractivity contribution < 1.29 is 4.79 Å². The molecule has 1 unspecified atom stereocenters. The monoisotopic (exact) mass is 334 g/mol. The van der Waals surface area contributed by atoms with Crippen LogP contribution in [0.25, 0.3) is 0 Å². The van der Waals surface area contributed by atoms with Gasteiger partial charge in [-0.2, -0.15) is 5.10 Å². The van der Waals surface area contributed by atoms with Crippen LogP contribution in [0.2, 0.25) is 0 Å². The number of carbonyl (C=O) groups is 1. The summed E-state index contributed by atoms with van der Waals surface area (Å²) < 4.78 is 0. The molecule has 1 aromatic carbocycles. The van der Waals surface area contributed by atoms with Gasteiger partial charge in [-0.25, -0.2) is 9.99 Å². The zero-order chi connectivity index (χ0) is 16.4. The van der Waals surface area contributed by atoms with E-state index in [4.69, 9.17) is 0 Å². The number of hydrogen-bond acceptors (Lipinski definition) is 5. The van der Waals surface area contributed by atoms with Crippen LogP contribution in [-0.4, -0.2) is 26.6 Å². The normalized spacial score (nSPS) is 16.9. The van der Waals surface area contributed by atoms with Gasteiger partial charge in [0.2, 0.25) is 0 Å². The van der Waals surface area contributed by atoms with Gasteiger partial charge in [-0.15, -0.1) is 11.3 Å². The Bertz CT molecular complexity index is 863. The van der Waals surface area contributed by atoms with Crippen LogP contribution in [0.15, 0.2) is 71.5 Å². The smallest absolute Gasteiger partial charge is 0.267 e. The Morgan fingerprint density at radius 2 is 2.00 bits per heavy atom. The van der Waals surface area contributed by atoms with E-state index in [1.165, 1.54) is 11.3 Å². The minimum Gasteiger partial charge on any atom is -0.267 e. The number of thiazole rings is 1. The molecule has 0 saturated carbocycles. The van der Waals surface area contributed by atoms with Crippen molar-refractivity contribution in [3.05, 3.63) is 82.6 Å². The van der Waals surface area contributed by atoms with Gasteiger partial charge in [0.15, 0.2) is 0 Å². The lowest BCUT2D eigenvalue weighted by molar-refractivity contribution is 0.0711. The average Bonchev–Trinajstić information content (AvgIpc) is 3.32. The average molecular weight is 334 g/mol. The van der Waals surface area contributed by atoms with Crippen molar-refractivity contribution in [3.8, 4) is 0 Å². The van der Waals surface area contributed by atoms with Gasteiger partial charge in [-0.1, -0.05) is 24.3 Å². The Kier molecular flexibility index (Phi) is 3.88. The summed E-state index contributed by atoms with van der Waals surface area (Å²) in [5.41, 5.74) is 2.41. The molecule has 1 amide bonds.